The van der Waals surface area contributed by atoms with Crippen molar-refractivity contribution in [2.45, 2.75) is 0 Å². The number of aliphatic carboxylic acids is 1. The Morgan fingerprint density at radius 2 is 1.79 bits per heavy atom. The molecule has 0 bridgehead atoms. The Morgan fingerprint density at radius 3 is 2.21 bits per heavy atom. The topological polar surface area (TPSA) is 73.6 Å². The molecule has 2 unspecified atom stereocenters. The normalized spacial score (nSPS) is 18.2. The van der Waals surface area contributed by atoms with Crippen LogP contribution in [0.2, 0.25) is 0 Å². The minimum absolute atomic E-state index is 0.334. The Hall–Kier alpha value is -1.88. The van der Waals surface area contributed by atoms with E-state index in [4.69, 9.17) is 15.3 Å². The first-order valence-corrected chi connectivity index (χ1v) is 6.11. The number of allylic oxidation sites excluding steroid dienone is 2. The lowest BCUT2D eigenvalue weighted by Gasteiger charge is -2.35. The van der Waals surface area contributed by atoms with Gasteiger partial charge in [-0.05, 0) is 0 Å². The van der Waals surface area contributed by atoms with E-state index in [1.54, 1.807) is 6.08 Å². The van der Waals surface area contributed by atoms with E-state index < -0.39 is 17.6 Å². The van der Waals surface area contributed by atoms with E-state index in [1.165, 1.54) is 6.08 Å². The molecular weight excluding hydrogens is 244 g/mol. The maximum atomic E-state index is 10.9. The monoisotopic (exact) mass is 264 g/mol. The van der Waals surface area contributed by atoms with Gasteiger partial charge in [0.25, 0.3) is 0 Å². The molecule has 0 spiro atoms. The molecule has 2 atom stereocenters. The number of morpholine rings is 1. The second kappa shape index (κ2) is 6.89. The van der Waals surface area contributed by atoms with Gasteiger partial charge in [0.05, 0.1) is 13.2 Å². The molecule has 0 aromatic rings. The van der Waals surface area contributed by atoms with Crippen LogP contribution in [0, 0.1) is 17.2 Å². The molecule has 0 saturated carbocycles. The quantitative estimate of drug-likeness (QED) is 0.540. The summed E-state index contributed by atoms with van der Waals surface area (Å²) in [5, 5.41) is 16.6. The van der Waals surface area contributed by atoms with Gasteiger partial charge in [-0.25, -0.2) is 4.79 Å². The molecule has 0 radical (unpaired) electrons. The Kier molecular flexibility index (Phi) is 5.51. The van der Waals surface area contributed by atoms with E-state index in [-0.39, 0.29) is 5.92 Å². The average Bonchev–Trinajstić information content (AvgIpc) is 2.44. The van der Waals surface area contributed by atoms with Gasteiger partial charge in [-0.1, -0.05) is 18.7 Å². The molecule has 1 rings (SSSR count). The van der Waals surface area contributed by atoms with Gasteiger partial charge >= 0.3 is 5.97 Å². The van der Waals surface area contributed by atoms with Crippen LogP contribution in [0.5, 0.6) is 0 Å². The lowest BCUT2D eigenvalue weighted by atomic mass is 9.85. The van der Waals surface area contributed by atoms with Crippen LogP contribution >= 0.6 is 0 Å². The SMILES string of the molecule is C=CC(C(=C)N1CCOCC1)C(C=C)C(=N)C(=O)O. The van der Waals surface area contributed by atoms with Crippen LogP contribution in [0.4, 0.5) is 0 Å². The summed E-state index contributed by atoms with van der Waals surface area (Å²) in [6, 6.07) is 0. The lowest BCUT2D eigenvalue weighted by molar-refractivity contribution is -0.129. The van der Waals surface area contributed by atoms with Crippen molar-refractivity contribution in [3.63, 3.8) is 0 Å². The highest BCUT2D eigenvalue weighted by Crippen LogP contribution is 2.26. The van der Waals surface area contributed by atoms with Crippen molar-refractivity contribution >= 4 is 11.7 Å². The molecule has 19 heavy (non-hydrogen) atoms. The van der Waals surface area contributed by atoms with Crippen molar-refractivity contribution < 1.29 is 14.6 Å². The maximum Gasteiger partial charge on any atom is 0.350 e. The molecule has 5 heteroatoms. The summed E-state index contributed by atoms with van der Waals surface area (Å²) in [5.74, 6) is -2.20. The third kappa shape index (κ3) is 3.54. The van der Waals surface area contributed by atoms with Gasteiger partial charge in [0.2, 0.25) is 0 Å². The third-order valence-corrected chi connectivity index (χ3v) is 3.26. The Morgan fingerprint density at radius 1 is 1.26 bits per heavy atom. The summed E-state index contributed by atoms with van der Waals surface area (Å²) >= 11 is 0. The number of rotatable bonds is 7. The van der Waals surface area contributed by atoms with Gasteiger partial charge in [0.15, 0.2) is 0 Å². The first-order valence-electron chi connectivity index (χ1n) is 6.11. The van der Waals surface area contributed by atoms with Crippen molar-refractivity contribution in [1.82, 2.24) is 4.90 Å². The Bertz CT molecular complexity index is 397. The standard InChI is InChI=1S/C14H20N2O3/c1-4-11(12(5-2)13(15)14(17)18)10(3)16-6-8-19-9-7-16/h4-5,11-12,15H,1-3,6-9H2,(H,17,18). The van der Waals surface area contributed by atoms with Crippen molar-refractivity contribution in [3.05, 3.63) is 37.6 Å². The highest BCUT2D eigenvalue weighted by Gasteiger charge is 2.29. The highest BCUT2D eigenvalue weighted by atomic mass is 16.5. The van der Waals surface area contributed by atoms with Crippen molar-refractivity contribution in [2.24, 2.45) is 11.8 Å². The van der Waals surface area contributed by atoms with E-state index in [1.807, 2.05) is 4.90 Å². The Labute approximate surface area is 113 Å². The molecule has 1 saturated heterocycles. The van der Waals surface area contributed by atoms with Gasteiger partial charge in [0.1, 0.15) is 5.71 Å². The smallest absolute Gasteiger partial charge is 0.350 e. The molecular formula is C14H20N2O3. The predicted molar refractivity (Wildman–Crippen MR) is 74.3 cm³/mol. The number of carboxylic acids is 1. The summed E-state index contributed by atoms with van der Waals surface area (Å²) in [5.41, 5.74) is 0.364. The van der Waals surface area contributed by atoms with Crippen molar-refractivity contribution in [2.75, 3.05) is 26.3 Å². The number of nitrogens with one attached hydrogen (secondary N) is 1. The zero-order valence-electron chi connectivity index (χ0n) is 11.0. The van der Waals surface area contributed by atoms with E-state index in [0.29, 0.717) is 26.3 Å². The van der Waals surface area contributed by atoms with E-state index in [2.05, 4.69) is 19.7 Å². The van der Waals surface area contributed by atoms with Crippen LogP contribution in [-0.2, 0) is 9.53 Å². The molecule has 5 nitrogen and oxygen atoms in total. The molecule has 1 aliphatic heterocycles. The molecule has 104 valence electrons. The number of hydrogen-bond donors (Lipinski definition) is 2. The fourth-order valence-electron chi connectivity index (χ4n) is 2.14. The first kappa shape index (κ1) is 15.2. The second-order valence-corrected chi connectivity index (χ2v) is 4.33. The minimum atomic E-state index is -1.24. The number of hydrogen-bond acceptors (Lipinski definition) is 4. The van der Waals surface area contributed by atoms with Crippen LogP contribution in [0.15, 0.2) is 37.6 Å². The number of carboxylic acid groups (broad SMARTS) is 1. The number of ether oxygens (including phenoxy) is 1. The summed E-state index contributed by atoms with van der Waals surface area (Å²) in [6.07, 6.45) is 3.09. The molecule has 1 aliphatic rings. The molecule has 0 amide bonds. The van der Waals surface area contributed by atoms with Gasteiger partial charge in [-0.3, -0.25) is 5.41 Å². The number of nitrogens with zero attached hydrogens (tertiary/aromatic N) is 1. The maximum absolute atomic E-state index is 10.9. The van der Waals surface area contributed by atoms with Gasteiger partial charge < -0.3 is 14.7 Å². The largest absolute Gasteiger partial charge is 0.477 e. The average molecular weight is 264 g/mol. The zero-order chi connectivity index (χ0) is 14.4. The summed E-state index contributed by atoms with van der Waals surface area (Å²) in [7, 11) is 0. The second-order valence-electron chi connectivity index (χ2n) is 4.33. The summed E-state index contributed by atoms with van der Waals surface area (Å²) in [6.45, 7) is 14.1. The fraction of sp³-hybridized carbons (Fsp3) is 0.429. The van der Waals surface area contributed by atoms with E-state index in [9.17, 15) is 4.79 Å². The highest BCUT2D eigenvalue weighted by molar-refractivity contribution is 6.35. The van der Waals surface area contributed by atoms with Crippen molar-refractivity contribution in [1.29, 1.82) is 5.41 Å². The molecule has 1 heterocycles. The summed E-state index contributed by atoms with van der Waals surface area (Å²) < 4.78 is 5.27. The molecule has 0 aromatic carbocycles. The van der Waals surface area contributed by atoms with Crippen LogP contribution in [0.3, 0.4) is 0 Å². The lowest BCUT2D eigenvalue weighted by Crippen LogP contribution is -2.39. The summed E-state index contributed by atoms with van der Waals surface area (Å²) in [4.78, 5) is 13.0. The van der Waals surface area contributed by atoms with Gasteiger partial charge in [0, 0.05) is 30.6 Å². The molecule has 0 aromatic heterocycles. The van der Waals surface area contributed by atoms with Gasteiger partial charge in [-0.2, -0.15) is 0 Å². The van der Waals surface area contributed by atoms with E-state index >= 15 is 0 Å². The van der Waals surface area contributed by atoms with Crippen molar-refractivity contribution in [3.8, 4) is 0 Å². The molecule has 0 aliphatic carbocycles. The Balaban J connectivity index is 2.87. The number of carbonyl (C=O) groups is 1. The van der Waals surface area contributed by atoms with Crippen LogP contribution in [-0.4, -0.2) is 48.0 Å². The minimum Gasteiger partial charge on any atom is -0.477 e. The molecule has 2 N–H and O–H groups in total. The fourth-order valence-corrected chi connectivity index (χ4v) is 2.14. The first-order chi connectivity index (χ1) is 9.02. The van der Waals surface area contributed by atoms with E-state index in [0.717, 1.165) is 5.70 Å². The van der Waals surface area contributed by atoms with Gasteiger partial charge in [-0.15, -0.1) is 13.2 Å². The van der Waals surface area contributed by atoms with Crippen LogP contribution < -0.4 is 0 Å². The zero-order valence-corrected chi connectivity index (χ0v) is 11.0. The third-order valence-electron chi connectivity index (χ3n) is 3.26. The molecule has 1 fully saturated rings. The van der Waals surface area contributed by atoms with Crippen LogP contribution in [0.1, 0.15) is 0 Å². The van der Waals surface area contributed by atoms with Crippen LogP contribution in [0.25, 0.3) is 0 Å². The predicted octanol–water partition coefficient (Wildman–Crippen LogP) is 1.54.